The maximum absolute atomic E-state index is 13.1. The summed E-state index contributed by atoms with van der Waals surface area (Å²) in [7, 11) is 0. The van der Waals surface area contributed by atoms with Crippen LogP contribution in [0.3, 0.4) is 0 Å². The fraction of sp³-hybridized carbons (Fsp3) is 0.120. The van der Waals surface area contributed by atoms with Crippen molar-refractivity contribution in [1.82, 2.24) is 0 Å². The van der Waals surface area contributed by atoms with Gasteiger partial charge in [0.2, 0.25) is 5.78 Å². The zero-order chi connectivity index (χ0) is 21.6. The van der Waals surface area contributed by atoms with Crippen molar-refractivity contribution in [2.24, 2.45) is 0 Å². The minimum Gasteiger partial charge on any atom is -0.494 e. The summed E-state index contributed by atoms with van der Waals surface area (Å²) < 4.78 is 16.8. The number of anilines is 1. The molecule has 0 atom stereocenters. The Balaban J connectivity index is 1.59. The summed E-state index contributed by atoms with van der Waals surface area (Å²) in [4.78, 5) is 25.7. The van der Waals surface area contributed by atoms with E-state index in [-0.39, 0.29) is 18.2 Å². The largest absolute Gasteiger partial charge is 0.494 e. The van der Waals surface area contributed by atoms with E-state index in [9.17, 15) is 9.59 Å². The smallest absolute Gasteiger partial charge is 0.262 e. The fourth-order valence-electron chi connectivity index (χ4n) is 3.17. The van der Waals surface area contributed by atoms with E-state index in [0.717, 1.165) is 0 Å². The van der Waals surface area contributed by atoms with Crippen molar-refractivity contribution in [2.45, 2.75) is 6.92 Å². The summed E-state index contributed by atoms with van der Waals surface area (Å²) in [6.45, 7) is 2.24. The van der Waals surface area contributed by atoms with E-state index < -0.39 is 5.91 Å². The molecule has 1 amide bonds. The second-order valence-electron chi connectivity index (χ2n) is 6.74. The Morgan fingerprint density at radius 1 is 0.839 bits per heavy atom. The first-order valence-electron chi connectivity index (χ1n) is 9.92. The third kappa shape index (κ3) is 4.59. The molecule has 0 spiro atoms. The number of benzene rings is 3. The van der Waals surface area contributed by atoms with E-state index >= 15 is 0 Å². The molecule has 1 heterocycles. The van der Waals surface area contributed by atoms with Crippen LogP contribution in [0, 0.1) is 0 Å². The number of carbonyl (C=O) groups is 2. The SMILES string of the molecule is CCOc1ccc(C(=O)c2oc3ccccc3c2NC(=O)COc2ccccc2)cc1. The number of hydrogen-bond acceptors (Lipinski definition) is 5. The standard InChI is InChI=1S/C25H21NO5/c1-2-29-19-14-12-17(13-15-19)24(28)25-23(20-10-6-7-11-21(20)31-25)26-22(27)16-30-18-8-4-3-5-9-18/h3-15H,2,16H2,1H3,(H,26,27). The highest BCUT2D eigenvalue weighted by Gasteiger charge is 2.23. The van der Waals surface area contributed by atoms with Gasteiger partial charge in [-0.3, -0.25) is 9.59 Å². The molecular formula is C25H21NO5. The van der Waals surface area contributed by atoms with Crippen molar-refractivity contribution in [2.75, 3.05) is 18.5 Å². The topological polar surface area (TPSA) is 77.8 Å². The van der Waals surface area contributed by atoms with E-state index in [1.165, 1.54) is 0 Å². The van der Waals surface area contributed by atoms with Crippen LogP contribution in [0.15, 0.2) is 83.3 Å². The van der Waals surface area contributed by atoms with Gasteiger partial charge in [0.25, 0.3) is 5.91 Å². The molecule has 31 heavy (non-hydrogen) atoms. The van der Waals surface area contributed by atoms with Crippen molar-refractivity contribution >= 4 is 28.3 Å². The Bertz CT molecular complexity index is 1200. The van der Waals surface area contributed by atoms with Crippen LogP contribution >= 0.6 is 0 Å². The number of ether oxygens (including phenoxy) is 2. The second-order valence-corrected chi connectivity index (χ2v) is 6.74. The Morgan fingerprint density at radius 2 is 1.52 bits per heavy atom. The Hall–Kier alpha value is -4.06. The first kappa shape index (κ1) is 20.2. The van der Waals surface area contributed by atoms with Crippen molar-refractivity contribution in [3.05, 3.63) is 90.2 Å². The van der Waals surface area contributed by atoms with E-state index in [4.69, 9.17) is 13.9 Å². The molecule has 1 aromatic heterocycles. The summed E-state index contributed by atoms with van der Waals surface area (Å²) >= 11 is 0. The van der Waals surface area contributed by atoms with Crippen LogP contribution < -0.4 is 14.8 Å². The van der Waals surface area contributed by atoms with Crippen molar-refractivity contribution in [1.29, 1.82) is 0 Å². The van der Waals surface area contributed by atoms with Crippen LogP contribution in [0.5, 0.6) is 11.5 Å². The summed E-state index contributed by atoms with van der Waals surface area (Å²) in [5, 5.41) is 3.43. The average Bonchev–Trinajstić information content (AvgIpc) is 3.17. The van der Waals surface area contributed by atoms with Gasteiger partial charge in [-0.05, 0) is 55.5 Å². The molecular weight excluding hydrogens is 394 g/mol. The van der Waals surface area contributed by atoms with Crippen LogP contribution in [0.2, 0.25) is 0 Å². The normalized spacial score (nSPS) is 10.6. The lowest BCUT2D eigenvalue weighted by Gasteiger charge is -2.08. The molecule has 0 saturated carbocycles. The number of para-hydroxylation sites is 2. The summed E-state index contributed by atoms with van der Waals surface area (Å²) in [5.74, 6) is 0.601. The molecule has 6 nitrogen and oxygen atoms in total. The number of nitrogens with one attached hydrogen (secondary N) is 1. The molecule has 4 aromatic rings. The zero-order valence-corrected chi connectivity index (χ0v) is 17.0. The van der Waals surface area contributed by atoms with E-state index in [2.05, 4.69) is 5.32 Å². The van der Waals surface area contributed by atoms with Crippen LogP contribution in [0.1, 0.15) is 23.0 Å². The lowest BCUT2D eigenvalue weighted by molar-refractivity contribution is -0.118. The number of ketones is 1. The minimum atomic E-state index is -0.392. The highest BCUT2D eigenvalue weighted by Crippen LogP contribution is 2.32. The molecule has 0 aliphatic rings. The summed E-state index contributed by atoms with van der Waals surface area (Å²) in [5.41, 5.74) is 1.27. The molecule has 4 rings (SSSR count). The molecule has 1 N–H and O–H groups in total. The molecule has 0 aliphatic carbocycles. The summed E-state index contributed by atoms with van der Waals surface area (Å²) in [6.07, 6.45) is 0. The third-order valence-electron chi connectivity index (χ3n) is 4.61. The molecule has 0 bridgehead atoms. The molecule has 3 aromatic carbocycles. The molecule has 0 fully saturated rings. The van der Waals surface area contributed by atoms with Gasteiger partial charge in [0.05, 0.1) is 12.3 Å². The minimum absolute atomic E-state index is 0.0680. The van der Waals surface area contributed by atoms with Gasteiger partial charge in [-0.1, -0.05) is 30.3 Å². The Kier molecular flexibility index (Phi) is 5.98. The Labute approximate surface area is 179 Å². The van der Waals surface area contributed by atoms with Gasteiger partial charge in [-0.2, -0.15) is 0 Å². The van der Waals surface area contributed by atoms with Gasteiger partial charge in [-0.15, -0.1) is 0 Å². The second kappa shape index (κ2) is 9.17. The predicted octanol–water partition coefficient (Wildman–Crippen LogP) is 5.08. The van der Waals surface area contributed by atoms with Gasteiger partial charge in [0.15, 0.2) is 12.4 Å². The van der Waals surface area contributed by atoms with Crippen LogP contribution in [0.25, 0.3) is 11.0 Å². The van der Waals surface area contributed by atoms with E-state index in [1.807, 2.05) is 31.2 Å². The first-order chi connectivity index (χ1) is 15.2. The number of fused-ring (bicyclic) bond motifs is 1. The maximum Gasteiger partial charge on any atom is 0.262 e. The van der Waals surface area contributed by atoms with Crippen molar-refractivity contribution < 1.29 is 23.5 Å². The maximum atomic E-state index is 13.1. The quantitative estimate of drug-likeness (QED) is 0.406. The van der Waals surface area contributed by atoms with Crippen LogP contribution in [0.4, 0.5) is 5.69 Å². The zero-order valence-electron chi connectivity index (χ0n) is 17.0. The number of hydrogen-bond donors (Lipinski definition) is 1. The molecule has 6 heteroatoms. The van der Waals surface area contributed by atoms with Crippen molar-refractivity contribution in [3.8, 4) is 11.5 Å². The van der Waals surface area contributed by atoms with Crippen LogP contribution in [-0.2, 0) is 4.79 Å². The molecule has 0 unspecified atom stereocenters. The third-order valence-corrected chi connectivity index (χ3v) is 4.61. The molecule has 156 valence electrons. The monoisotopic (exact) mass is 415 g/mol. The fourth-order valence-corrected chi connectivity index (χ4v) is 3.17. The predicted molar refractivity (Wildman–Crippen MR) is 118 cm³/mol. The van der Waals surface area contributed by atoms with Gasteiger partial charge >= 0.3 is 0 Å². The highest BCUT2D eigenvalue weighted by atomic mass is 16.5. The molecule has 0 saturated heterocycles. The van der Waals surface area contributed by atoms with Crippen molar-refractivity contribution in [3.63, 3.8) is 0 Å². The highest BCUT2D eigenvalue weighted by molar-refractivity contribution is 6.17. The molecule has 0 radical (unpaired) electrons. The van der Waals surface area contributed by atoms with E-state index in [1.54, 1.807) is 54.6 Å². The number of rotatable bonds is 8. The first-order valence-corrected chi connectivity index (χ1v) is 9.92. The van der Waals surface area contributed by atoms with Gasteiger partial charge in [0.1, 0.15) is 17.1 Å². The molecule has 0 aliphatic heterocycles. The lowest BCUT2D eigenvalue weighted by atomic mass is 10.1. The average molecular weight is 415 g/mol. The number of carbonyl (C=O) groups excluding carboxylic acids is 2. The lowest BCUT2D eigenvalue weighted by Crippen LogP contribution is -2.21. The number of furan rings is 1. The summed E-state index contributed by atoms with van der Waals surface area (Å²) in [6, 6.07) is 23.0. The van der Waals surface area contributed by atoms with E-state index in [0.29, 0.717) is 40.3 Å². The van der Waals surface area contributed by atoms with Gasteiger partial charge in [-0.25, -0.2) is 0 Å². The number of amides is 1. The van der Waals surface area contributed by atoms with Gasteiger partial charge in [0, 0.05) is 10.9 Å². The Morgan fingerprint density at radius 3 is 2.26 bits per heavy atom. The van der Waals surface area contributed by atoms with Gasteiger partial charge < -0.3 is 19.2 Å². The van der Waals surface area contributed by atoms with Crippen LogP contribution in [-0.4, -0.2) is 24.9 Å².